The second kappa shape index (κ2) is 6.94. The maximum absolute atomic E-state index is 13.4. The molecule has 0 N–H and O–H groups in total. The molecule has 29 heavy (non-hydrogen) atoms. The molecule has 5 nitrogen and oxygen atoms in total. The number of Topliss-reactive ketones (excluding diaryl/α,β-unsaturated/α-hetero) is 1. The molecule has 3 aliphatic rings. The number of anilines is 1. The van der Waals surface area contributed by atoms with Crippen LogP contribution in [0.1, 0.15) is 23.2 Å². The van der Waals surface area contributed by atoms with E-state index in [1.807, 2.05) is 18.2 Å². The average Bonchev–Trinajstić information content (AvgIpc) is 3.35. The average molecular weight is 429 g/mol. The molecule has 3 heterocycles. The maximum atomic E-state index is 13.4. The van der Waals surface area contributed by atoms with E-state index in [0.29, 0.717) is 16.3 Å². The van der Waals surface area contributed by atoms with Gasteiger partial charge in [-0.3, -0.25) is 19.3 Å². The number of amides is 2. The first kappa shape index (κ1) is 18.8. The molecule has 4 atom stereocenters. The first-order valence-corrected chi connectivity index (χ1v) is 10.4. The third-order valence-electron chi connectivity index (χ3n) is 6.33. The lowest BCUT2D eigenvalue weighted by Crippen LogP contribution is -2.46. The number of hydrogen-bond donors (Lipinski definition) is 0. The number of benzene rings is 2. The lowest BCUT2D eigenvalue weighted by Gasteiger charge is -2.27. The van der Waals surface area contributed by atoms with E-state index >= 15 is 0 Å². The van der Waals surface area contributed by atoms with Crippen molar-refractivity contribution in [3.63, 3.8) is 0 Å². The zero-order valence-electron chi connectivity index (χ0n) is 15.4. The highest BCUT2D eigenvalue weighted by Gasteiger charge is 2.64. The molecule has 4 unspecified atom stereocenters. The fourth-order valence-electron chi connectivity index (χ4n) is 5.19. The van der Waals surface area contributed by atoms with Crippen LogP contribution in [-0.4, -0.2) is 41.1 Å². The zero-order valence-corrected chi connectivity index (χ0v) is 16.9. The molecule has 5 rings (SSSR count). The van der Waals surface area contributed by atoms with E-state index in [0.717, 1.165) is 24.3 Å². The van der Waals surface area contributed by atoms with Crippen LogP contribution in [-0.2, 0) is 9.59 Å². The lowest BCUT2D eigenvalue weighted by molar-refractivity contribution is -0.123. The Labute approximate surface area is 178 Å². The predicted octanol–water partition coefficient (Wildman–Crippen LogP) is 3.83. The second-order valence-electron chi connectivity index (χ2n) is 7.78. The minimum atomic E-state index is -0.688. The van der Waals surface area contributed by atoms with E-state index in [1.165, 1.54) is 6.07 Å². The van der Waals surface area contributed by atoms with Crippen molar-refractivity contribution in [3.8, 4) is 0 Å². The van der Waals surface area contributed by atoms with Crippen molar-refractivity contribution in [2.24, 2.45) is 11.8 Å². The van der Waals surface area contributed by atoms with Gasteiger partial charge < -0.3 is 0 Å². The Morgan fingerprint density at radius 2 is 1.69 bits per heavy atom. The number of rotatable bonds is 3. The predicted molar refractivity (Wildman–Crippen MR) is 110 cm³/mol. The molecule has 0 bridgehead atoms. The van der Waals surface area contributed by atoms with Crippen LogP contribution in [0.4, 0.5) is 5.69 Å². The van der Waals surface area contributed by atoms with Crippen LogP contribution in [0.3, 0.4) is 0 Å². The number of halogens is 2. The Hall–Kier alpha value is -2.21. The van der Waals surface area contributed by atoms with Gasteiger partial charge in [-0.25, -0.2) is 4.90 Å². The highest BCUT2D eigenvalue weighted by molar-refractivity contribution is 6.38. The van der Waals surface area contributed by atoms with E-state index in [2.05, 4.69) is 4.90 Å². The summed E-state index contributed by atoms with van der Waals surface area (Å²) in [6, 6.07) is 13.0. The molecular weight excluding hydrogens is 411 g/mol. The van der Waals surface area contributed by atoms with Gasteiger partial charge in [-0.1, -0.05) is 53.5 Å². The molecule has 2 amide bonds. The number of hydrogen-bond acceptors (Lipinski definition) is 4. The molecular formula is C22H18Cl2N2O3. The van der Waals surface area contributed by atoms with Crippen LogP contribution in [0, 0.1) is 11.8 Å². The summed E-state index contributed by atoms with van der Waals surface area (Å²) in [5, 5.41) is 0.672. The van der Waals surface area contributed by atoms with E-state index in [4.69, 9.17) is 23.2 Å². The Bertz CT molecular complexity index is 1030. The number of nitrogens with zero attached hydrogens (tertiary/aromatic N) is 2. The van der Waals surface area contributed by atoms with Gasteiger partial charge in [-0.15, -0.1) is 0 Å². The summed E-state index contributed by atoms with van der Waals surface area (Å²) in [7, 11) is 0. The Balaban J connectivity index is 1.57. The number of imide groups is 1. The van der Waals surface area contributed by atoms with Crippen molar-refractivity contribution in [1.29, 1.82) is 0 Å². The van der Waals surface area contributed by atoms with Crippen molar-refractivity contribution in [3.05, 3.63) is 64.1 Å². The number of fused-ring (bicyclic) bond motifs is 3. The largest absolute Gasteiger partial charge is 0.292 e. The van der Waals surface area contributed by atoms with E-state index in [1.54, 1.807) is 24.3 Å². The van der Waals surface area contributed by atoms with Gasteiger partial charge >= 0.3 is 0 Å². The molecule has 2 aromatic rings. The molecule has 0 aliphatic carbocycles. The topological polar surface area (TPSA) is 57.7 Å². The van der Waals surface area contributed by atoms with Gasteiger partial charge in [0.2, 0.25) is 11.8 Å². The van der Waals surface area contributed by atoms with Crippen molar-refractivity contribution < 1.29 is 14.4 Å². The molecule has 7 heteroatoms. The third kappa shape index (κ3) is 2.75. The minimum Gasteiger partial charge on any atom is -0.292 e. The number of carbonyl (C=O) groups is 3. The normalized spacial score (nSPS) is 28.7. The number of carbonyl (C=O) groups excluding carboxylic acids is 3. The molecule has 3 fully saturated rings. The summed E-state index contributed by atoms with van der Waals surface area (Å²) in [5.41, 5.74) is 0.892. The summed E-state index contributed by atoms with van der Waals surface area (Å²) in [5.74, 6) is -1.94. The lowest BCUT2D eigenvalue weighted by atomic mass is 9.85. The third-order valence-corrected chi connectivity index (χ3v) is 6.87. The van der Waals surface area contributed by atoms with Crippen molar-refractivity contribution >= 4 is 46.5 Å². The smallest absolute Gasteiger partial charge is 0.239 e. The van der Waals surface area contributed by atoms with Gasteiger partial charge in [-0.05, 0) is 37.6 Å². The molecule has 0 radical (unpaired) electrons. The van der Waals surface area contributed by atoms with Crippen LogP contribution in [0.5, 0.6) is 0 Å². The first-order chi connectivity index (χ1) is 14.0. The van der Waals surface area contributed by atoms with Gasteiger partial charge in [0, 0.05) is 16.6 Å². The fraction of sp³-hybridized carbons (Fsp3) is 0.318. The number of ketones is 1. The highest BCUT2D eigenvalue weighted by atomic mass is 35.5. The fourth-order valence-corrected chi connectivity index (χ4v) is 5.68. The van der Waals surface area contributed by atoms with Gasteiger partial charge in [0.1, 0.15) is 0 Å². The Kier molecular flexibility index (Phi) is 4.50. The van der Waals surface area contributed by atoms with Gasteiger partial charge in [0.25, 0.3) is 0 Å². The maximum Gasteiger partial charge on any atom is 0.239 e. The highest BCUT2D eigenvalue weighted by Crippen LogP contribution is 2.49. The van der Waals surface area contributed by atoms with Crippen LogP contribution >= 0.6 is 23.2 Å². The van der Waals surface area contributed by atoms with Gasteiger partial charge in [0.05, 0.1) is 28.6 Å². The van der Waals surface area contributed by atoms with E-state index in [9.17, 15) is 14.4 Å². The van der Waals surface area contributed by atoms with Crippen LogP contribution < -0.4 is 4.90 Å². The van der Waals surface area contributed by atoms with Crippen LogP contribution in [0.2, 0.25) is 10.0 Å². The standard InChI is InChI=1S/C22H18Cl2N2O3/c23-13-8-9-15(14(24)11-13)26-21(28)17-16-7-4-10-25(16)19(18(17)22(26)29)20(27)12-5-2-1-3-6-12/h1-3,5-6,8-9,11,16-19H,4,7,10H2. The van der Waals surface area contributed by atoms with Gasteiger partial charge in [0.15, 0.2) is 5.78 Å². The van der Waals surface area contributed by atoms with E-state index in [-0.39, 0.29) is 28.7 Å². The quantitative estimate of drug-likeness (QED) is 0.550. The summed E-state index contributed by atoms with van der Waals surface area (Å²) in [4.78, 5) is 43.4. The van der Waals surface area contributed by atoms with Crippen molar-refractivity contribution in [1.82, 2.24) is 4.90 Å². The summed E-state index contributed by atoms with van der Waals surface area (Å²) in [6.07, 6.45) is 1.72. The Morgan fingerprint density at radius 3 is 2.41 bits per heavy atom. The molecule has 148 valence electrons. The van der Waals surface area contributed by atoms with Crippen molar-refractivity contribution in [2.75, 3.05) is 11.4 Å². The SMILES string of the molecule is O=C(c1ccccc1)C1C2C(=O)N(c3ccc(Cl)cc3Cl)C(=O)C2C2CCCN21. The molecule has 3 saturated heterocycles. The Morgan fingerprint density at radius 1 is 0.966 bits per heavy atom. The monoisotopic (exact) mass is 428 g/mol. The summed E-state index contributed by atoms with van der Waals surface area (Å²) in [6.45, 7) is 0.725. The zero-order chi connectivity index (χ0) is 20.3. The molecule has 2 aromatic carbocycles. The molecule has 0 saturated carbocycles. The summed E-state index contributed by atoms with van der Waals surface area (Å²) >= 11 is 12.3. The van der Waals surface area contributed by atoms with Crippen molar-refractivity contribution in [2.45, 2.75) is 24.9 Å². The molecule has 0 aromatic heterocycles. The summed E-state index contributed by atoms with van der Waals surface area (Å²) < 4.78 is 0. The van der Waals surface area contributed by atoms with Crippen LogP contribution in [0.25, 0.3) is 0 Å². The first-order valence-electron chi connectivity index (χ1n) is 9.67. The van der Waals surface area contributed by atoms with E-state index < -0.39 is 17.9 Å². The second-order valence-corrected chi connectivity index (χ2v) is 8.63. The van der Waals surface area contributed by atoms with Gasteiger partial charge in [-0.2, -0.15) is 0 Å². The minimum absolute atomic E-state index is 0.0924. The molecule has 0 spiro atoms. The van der Waals surface area contributed by atoms with Crippen LogP contribution in [0.15, 0.2) is 48.5 Å². The molecule has 3 aliphatic heterocycles.